The Morgan fingerprint density at radius 1 is 1.48 bits per heavy atom. The van der Waals surface area contributed by atoms with Crippen molar-refractivity contribution in [2.75, 3.05) is 13.1 Å². The zero-order valence-electron chi connectivity index (χ0n) is 13.2. The van der Waals surface area contributed by atoms with Crippen LogP contribution >= 0.6 is 11.8 Å². The van der Waals surface area contributed by atoms with Gasteiger partial charge in [-0.3, -0.25) is 10.2 Å². The maximum Gasteiger partial charge on any atom is 0.353 e. The number of hydrogen-bond acceptors (Lipinski definition) is 5. The van der Waals surface area contributed by atoms with Crippen molar-refractivity contribution in [2.24, 2.45) is 5.92 Å². The normalized spacial score (nSPS) is 31.3. The van der Waals surface area contributed by atoms with Gasteiger partial charge in [-0.2, -0.15) is 0 Å². The Balaban J connectivity index is 1.75. The minimum atomic E-state index is -1.08. The number of carboxylic acids is 1. The summed E-state index contributed by atoms with van der Waals surface area (Å²) in [5.74, 6) is -1.33. The number of carboxylic acid groups (broad SMARTS) is 1. The number of rotatable bonds is 4. The summed E-state index contributed by atoms with van der Waals surface area (Å²) in [7, 11) is 0. The summed E-state index contributed by atoms with van der Waals surface area (Å²) in [6.07, 6.45) is 0.648. The van der Waals surface area contributed by atoms with Crippen LogP contribution in [0.4, 0.5) is 0 Å². The third-order valence-corrected chi connectivity index (χ3v) is 6.18. The van der Waals surface area contributed by atoms with Crippen LogP contribution in [0.5, 0.6) is 0 Å². The Morgan fingerprint density at radius 2 is 2.17 bits per heavy atom. The minimum absolute atomic E-state index is 0.0897. The number of fused-ring (bicyclic) bond motifs is 1. The first-order valence-corrected chi connectivity index (χ1v) is 8.63. The summed E-state index contributed by atoms with van der Waals surface area (Å²) < 4.78 is 0. The van der Waals surface area contributed by atoms with E-state index in [1.54, 1.807) is 13.8 Å². The van der Waals surface area contributed by atoms with Crippen LogP contribution in [-0.2, 0) is 9.59 Å². The number of nitrogens with zero attached hydrogens (tertiary/aromatic N) is 2. The van der Waals surface area contributed by atoms with Crippen molar-refractivity contribution in [3.8, 4) is 0 Å². The molecule has 1 amide bonds. The number of aliphatic hydroxyl groups is 1. The Hall–Kier alpha value is -1.54. The molecular weight excluding hydrogens is 318 g/mol. The molecule has 4 atom stereocenters. The molecule has 3 N–H and O–H groups in total. The lowest BCUT2D eigenvalue weighted by atomic mass is 9.83. The summed E-state index contributed by atoms with van der Waals surface area (Å²) in [6, 6.07) is -0.224. The predicted molar refractivity (Wildman–Crippen MR) is 86.1 cm³/mol. The number of nitrogens with one attached hydrogen (secondary N) is 1. The summed E-state index contributed by atoms with van der Waals surface area (Å²) >= 11 is 1.52. The van der Waals surface area contributed by atoms with Gasteiger partial charge in [-0.1, -0.05) is 0 Å². The van der Waals surface area contributed by atoms with Gasteiger partial charge in [0, 0.05) is 29.7 Å². The second-order valence-electron chi connectivity index (χ2n) is 6.38. The third kappa shape index (κ3) is 2.63. The van der Waals surface area contributed by atoms with E-state index in [9.17, 15) is 19.8 Å². The number of likely N-dealkylation sites (tertiary alicyclic amines) is 1. The van der Waals surface area contributed by atoms with Gasteiger partial charge in [0.05, 0.1) is 23.9 Å². The van der Waals surface area contributed by atoms with Crippen molar-refractivity contribution in [2.45, 2.75) is 44.1 Å². The van der Waals surface area contributed by atoms with Crippen LogP contribution in [0.1, 0.15) is 26.7 Å². The number of carbonyl (C=O) groups is 2. The van der Waals surface area contributed by atoms with Crippen LogP contribution in [-0.4, -0.2) is 68.2 Å². The Morgan fingerprint density at radius 3 is 2.70 bits per heavy atom. The smallest absolute Gasteiger partial charge is 0.353 e. The molecule has 0 aromatic heterocycles. The zero-order chi connectivity index (χ0) is 16.9. The lowest BCUT2D eigenvalue weighted by Crippen LogP contribution is -2.61. The highest BCUT2D eigenvalue weighted by Crippen LogP contribution is 2.48. The van der Waals surface area contributed by atoms with Gasteiger partial charge in [0.2, 0.25) is 5.91 Å². The van der Waals surface area contributed by atoms with Crippen LogP contribution in [0.2, 0.25) is 0 Å². The van der Waals surface area contributed by atoms with Crippen LogP contribution in [0.15, 0.2) is 10.6 Å². The maximum absolute atomic E-state index is 12.1. The molecule has 0 spiro atoms. The molecule has 7 nitrogen and oxygen atoms in total. The quantitative estimate of drug-likeness (QED) is 0.396. The molecule has 0 saturated carbocycles. The number of amides is 1. The topological polar surface area (TPSA) is 105 Å². The van der Waals surface area contributed by atoms with Crippen LogP contribution in [0.3, 0.4) is 0 Å². The SMILES string of the molecule is CC(=N)N1CCC(SC2=C(C(=O)O)N3C(=O)C(C(C)O)[C@H]3C2)C1. The number of aliphatic hydroxyl groups excluding tert-OH is 1. The Bertz CT molecular complexity index is 604. The number of β-lactam (4-membered cyclic amide) rings is 1. The number of amidine groups is 1. The fourth-order valence-electron chi connectivity index (χ4n) is 3.67. The van der Waals surface area contributed by atoms with Gasteiger partial charge in [0.1, 0.15) is 5.70 Å². The van der Waals surface area contributed by atoms with Crippen LogP contribution in [0, 0.1) is 11.3 Å². The molecule has 0 radical (unpaired) electrons. The van der Waals surface area contributed by atoms with E-state index in [0.717, 1.165) is 24.4 Å². The van der Waals surface area contributed by atoms with Gasteiger partial charge in [-0.25, -0.2) is 4.79 Å². The zero-order valence-corrected chi connectivity index (χ0v) is 14.0. The Kier molecular flexibility index (Phi) is 4.14. The van der Waals surface area contributed by atoms with E-state index in [4.69, 9.17) is 5.41 Å². The van der Waals surface area contributed by atoms with E-state index in [1.165, 1.54) is 16.7 Å². The Labute approximate surface area is 138 Å². The number of aliphatic carboxylic acids is 1. The molecule has 3 heterocycles. The second kappa shape index (κ2) is 5.83. The van der Waals surface area contributed by atoms with Crippen molar-refractivity contribution < 1.29 is 19.8 Å². The molecule has 0 bridgehead atoms. The van der Waals surface area contributed by atoms with E-state index in [1.807, 2.05) is 4.90 Å². The molecule has 8 heteroatoms. The average molecular weight is 339 g/mol. The molecule has 3 unspecified atom stereocenters. The molecule has 2 fully saturated rings. The highest BCUT2D eigenvalue weighted by molar-refractivity contribution is 8.03. The van der Waals surface area contributed by atoms with Gasteiger partial charge in [-0.05, 0) is 20.3 Å². The molecule has 3 aliphatic heterocycles. The summed E-state index contributed by atoms with van der Waals surface area (Å²) in [5.41, 5.74) is 0.0897. The molecule has 3 aliphatic rings. The van der Waals surface area contributed by atoms with Crippen molar-refractivity contribution in [3.05, 3.63) is 10.6 Å². The van der Waals surface area contributed by atoms with Crippen LogP contribution in [0.25, 0.3) is 0 Å². The van der Waals surface area contributed by atoms with Gasteiger partial charge >= 0.3 is 5.97 Å². The molecular formula is C15H21N3O4S. The molecule has 23 heavy (non-hydrogen) atoms. The number of thioether (sulfide) groups is 1. The fraction of sp³-hybridized carbons (Fsp3) is 0.667. The van der Waals surface area contributed by atoms with Crippen molar-refractivity contribution in [3.63, 3.8) is 0 Å². The number of carbonyl (C=O) groups excluding carboxylic acids is 1. The van der Waals surface area contributed by atoms with E-state index < -0.39 is 18.0 Å². The molecule has 0 aliphatic carbocycles. The first-order valence-electron chi connectivity index (χ1n) is 7.75. The standard InChI is InChI=1S/C15H21N3O4S/c1-7(19)12-10-5-11(13(15(21)22)18(10)14(12)20)23-9-3-4-17(6-9)8(2)16/h7,9-10,12,16,19H,3-6H2,1-2H3,(H,21,22)/t7?,9?,10-,12?/m1/s1. The van der Waals surface area contributed by atoms with E-state index >= 15 is 0 Å². The first kappa shape index (κ1) is 16.3. The molecule has 0 aromatic rings. The van der Waals surface area contributed by atoms with Crippen molar-refractivity contribution >= 4 is 29.5 Å². The van der Waals surface area contributed by atoms with Gasteiger partial charge < -0.3 is 20.0 Å². The van der Waals surface area contributed by atoms with Gasteiger partial charge in [0.15, 0.2) is 0 Å². The predicted octanol–water partition coefficient (Wildman–Crippen LogP) is 0.699. The molecule has 3 rings (SSSR count). The molecule has 2 saturated heterocycles. The first-order chi connectivity index (χ1) is 10.8. The van der Waals surface area contributed by atoms with Crippen molar-refractivity contribution in [1.29, 1.82) is 5.41 Å². The largest absolute Gasteiger partial charge is 0.477 e. The maximum atomic E-state index is 12.1. The highest BCUT2D eigenvalue weighted by atomic mass is 32.2. The van der Waals surface area contributed by atoms with E-state index in [2.05, 4.69) is 0 Å². The van der Waals surface area contributed by atoms with Crippen molar-refractivity contribution in [1.82, 2.24) is 9.80 Å². The lowest BCUT2D eigenvalue weighted by molar-refractivity contribution is -0.161. The van der Waals surface area contributed by atoms with Gasteiger partial charge in [-0.15, -0.1) is 11.8 Å². The average Bonchev–Trinajstić information content (AvgIpc) is 3.02. The van der Waals surface area contributed by atoms with E-state index in [0.29, 0.717) is 12.3 Å². The van der Waals surface area contributed by atoms with Crippen LogP contribution < -0.4 is 0 Å². The van der Waals surface area contributed by atoms with Gasteiger partial charge in [0.25, 0.3) is 0 Å². The lowest BCUT2D eigenvalue weighted by Gasteiger charge is -2.44. The summed E-state index contributed by atoms with van der Waals surface area (Å²) in [5, 5.41) is 27.1. The third-order valence-electron chi connectivity index (χ3n) is 4.82. The minimum Gasteiger partial charge on any atom is -0.477 e. The number of hydrogen-bond donors (Lipinski definition) is 3. The fourth-order valence-corrected chi connectivity index (χ4v) is 5.11. The summed E-state index contributed by atoms with van der Waals surface area (Å²) in [6.45, 7) is 4.87. The molecule has 126 valence electrons. The highest BCUT2D eigenvalue weighted by Gasteiger charge is 2.57. The second-order valence-corrected chi connectivity index (χ2v) is 7.78. The van der Waals surface area contributed by atoms with E-state index in [-0.39, 0.29) is 22.9 Å². The monoisotopic (exact) mass is 339 g/mol. The summed E-state index contributed by atoms with van der Waals surface area (Å²) in [4.78, 5) is 27.8. The molecule has 0 aromatic carbocycles.